The number of anilines is 2. The molecule has 2 aliphatic heterocycles. The van der Waals surface area contributed by atoms with Crippen molar-refractivity contribution in [3.05, 3.63) is 89.7 Å². The highest BCUT2D eigenvalue weighted by Gasteiger charge is 2.26. The molecule has 0 bridgehead atoms. The molecule has 1 saturated heterocycles. The molecule has 5 nitrogen and oxygen atoms in total. The van der Waals surface area contributed by atoms with Gasteiger partial charge in [-0.1, -0.05) is 48.5 Å². The fourth-order valence-electron chi connectivity index (χ4n) is 4.39. The third-order valence-corrected chi connectivity index (χ3v) is 6.09. The van der Waals surface area contributed by atoms with Crippen LogP contribution in [-0.4, -0.2) is 48.5 Å². The molecule has 1 aromatic heterocycles. The molecule has 2 aliphatic rings. The Morgan fingerprint density at radius 2 is 1.60 bits per heavy atom. The number of hydrogen-bond donors (Lipinski definition) is 0. The normalized spacial score (nSPS) is 16.5. The van der Waals surface area contributed by atoms with E-state index in [1.807, 2.05) is 41.4 Å². The fraction of sp³-hybridized carbons (Fsp3) is 0.280. The van der Waals surface area contributed by atoms with E-state index in [4.69, 9.17) is 0 Å². The molecule has 0 atom stereocenters. The summed E-state index contributed by atoms with van der Waals surface area (Å²) in [7, 11) is 0. The number of rotatable bonds is 4. The average molecular weight is 399 g/mol. The molecule has 0 N–H and O–H groups in total. The van der Waals surface area contributed by atoms with Crippen LogP contribution >= 0.6 is 0 Å². The summed E-state index contributed by atoms with van der Waals surface area (Å²) in [5, 5.41) is 0. The van der Waals surface area contributed by atoms with Crippen molar-refractivity contribution in [2.45, 2.75) is 13.0 Å². The second-order valence-corrected chi connectivity index (χ2v) is 7.99. The minimum atomic E-state index is -0.0146. The van der Waals surface area contributed by atoms with E-state index >= 15 is 0 Å². The van der Waals surface area contributed by atoms with Crippen LogP contribution < -0.4 is 9.80 Å². The molecule has 1 amide bonds. The lowest BCUT2D eigenvalue weighted by molar-refractivity contribution is 0.0984. The third-order valence-electron chi connectivity index (χ3n) is 6.09. The fourth-order valence-corrected chi connectivity index (χ4v) is 4.39. The summed E-state index contributed by atoms with van der Waals surface area (Å²) in [6.45, 7) is 5.73. The molecule has 152 valence electrons. The number of aromatic nitrogens is 1. The van der Waals surface area contributed by atoms with Crippen molar-refractivity contribution in [2.75, 3.05) is 42.5 Å². The Kier molecular flexibility index (Phi) is 5.20. The number of para-hydroxylation sites is 1. The smallest absolute Gasteiger partial charge is 0.276 e. The molecule has 3 aromatic rings. The standard InChI is InChI=1S/C25H26N4O/c30-25(29-13-12-21-8-4-5-9-24(21)29)23-11-10-22(18-26-23)28-16-14-27(15-17-28)19-20-6-2-1-3-7-20/h1-11,18H,12-17,19H2. The summed E-state index contributed by atoms with van der Waals surface area (Å²) in [6, 6.07) is 22.7. The van der Waals surface area contributed by atoms with Crippen molar-refractivity contribution < 1.29 is 4.79 Å². The second kappa shape index (κ2) is 8.28. The number of pyridine rings is 1. The average Bonchev–Trinajstić information content (AvgIpc) is 3.24. The molecule has 0 unspecified atom stereocenters. The highest BCUT2D eigenvalue weighted by atomic mass is 16.2. The van der Waals surface area contributed by atoms with E-state index < -0.39 is 0 Å². The van der Waals surface area contributed by atoms with Gasteiger partial charge >= 0.3 is 0 Å². The molecule has 5 heteroatoms. The van der Waals surface area contributed by atoms with Gasteiger partial charge in [0, 0.05) is 45.0 Å². The quantitative estimate of drug-likeness (QED) is 0.673. The van der Waals surface area contributed by atoms with Crippen LogP contribution in [0.2, 0.25) is 0 Å². The summed E-state index contributed by atoms with van der Waals surface area (Å²) in [5.41, 5.74) is 5.21. The van der Waals surface area contributed by atoms with Crippen LogP contribution in [0.25, 0.3) is 0 Å². The predicted octanol–water partition coefficient (Wildman–Crippen LogP) is 3.61. The van der Waals surface area contributed by atoms with Gasteiger partial charge in [-0.05, 0) is 35.7 Å². The monoisotopic (exact) mass is 398 g/mol. The predicted molar refractivity (Wildman–Crippen MR) is 120 cm³/mol. The first-order valence-corrected chi connectivity index (χ1v) is 10.6. The van der Waals surface area contributed by atoms with Gasteiger partial charge in [-0.15, -0.1) is 0 Å². The number of hydrogen-bond acceptors (Lipinski definition) is 4. The largest absolute Gasteiger partial charge is 0.368 e. The Balaban J connectivity index is 1.20. The van der Waals surface area contributed by atoms with Crippen LogP contribution in [0.1, 0.15) is 21.6 Å². The summed E-state index contributed by atoms with van der Waals surface area (Å²) in [5.74, 6) is -0.0146. The number of amides is 1. The minimum absolute atomic E-state index is 0.0146. The van der Waals surface area contributed by atoms with Crippen LogP contribution in [0.4, 0.5) is 11.4 Å². The Morgan fingerprint density at radius 1 is 0.833 bits per heavy atom. The van der Waals surface area contributed by atoms with Gasteiger partial charge in [0.2, 0.25) is 0 Å². The van der Waals surface area contributed by atoms with Crippen molar-refractivity contribution in [2.24, 2.45) is 0 Å². The maximum atomic E-state index is 13.0. The number of benzene rings is 2. The molecule has 3 heterocycles. The van der Waals surface area contributed by atoms with Gasteiger partial charge in [-0.25, -0.2) is 4.98 Å². The van der Waals surface area contributed by atoms with Crippen LogP contribution in [0.3, 0.4) is 0 Å². The molecule has 0 saturated carbocycles. The minimum Gasteiger partial charge on any atom is -0.368 e. The molecule has 2 aromatic carbocycles. The van der Waals surface area contributed by atoms with Crippen LogP contribution in [-0.2, 0) is 13.0 Å². The van der Waals surface area contributed by atoms with Gasteiger partial charge in [0.05, 0.1) is 11.9 Å². The Bertz CT molecular complexity index is 1010. The van der Waals surface area contributed by atoms with E-state index in [1.54, 1.807) is 0 Å². The van der Waals surface area contributed by atoms with Crippen molar-refractivity contribution in [3.63, 3.8) is 0 Å². The highest BCUT2D eigenvalue weighted by molar-refractivity contribution is 6.06. The molecule has 0 spiro atoms. The summed E-state index contributed by atoms with van der Waals surface area (Å²) in [6.07, 6.45) is 2.76. The zero-order valence-corrected chi connectivity index (χ0v) is 17.1. The zero-order chi connectivity index (χ0) is 20.3. The van der Waals surface area contributed by atoms with Gasteiger partial charge in [0.1, 0.15) is 5.69 Å². The van der Waals surface area contributed by atoms with Gasteiger partial charge in [-0.2, -0.15) is 0 Å². The van der Waals surface area contributed by atoms with E-state index in [1.165, 1.54) is 11.1 Å². The highest BCUT2D eigenvalue weighted by Crippen LogP contribution is 2.28. The van der Waals surface area contributed by atoms with Crippen molar-refractivity contribution in [3.8, 4) is 0 Å². The van der Waals surface area contributed by atoms with Gasteiger partial charge < -0.3 is 9.80 Å². The van der Waals surface area contributed by atoms with E-state index in [2.05, 4.69) is 51.2 Å². The van der Waals surface area contributed by atoms with Crippen LogP contribution in [0, 0.1) is 0 Å². The van der Waals surface area contributed by atoms with Gasteiger partial charge in [-0.3, -0.25) is 9.69 Å². The lowest BCUT2D eigenvalue weighted by Gasteiger charge is -2.36. The number of carbonyl (C=O) groups is 1. The summed E-state index contributed by atoms with van der Waals surface area (Å²) >= 11 is 0. The molecule has 1 fully saturated rings. The molecule has 30 heavy (non-hydrogen) atoms. The summed E-state index contributed by atoms with van der Waals surface area (Å²) < 4.78 is 0. The van der Waals surface area contributed by atoms with Crippen LogP contribution in [0.5, 0.6) is 0 Å². The number of nitrogens with zero attached hydrogens (tertiary/aromatic N) is 4. The topological polar surface area (TPSA) is 39.7 Å². The van der Waals surface area contributed by atoms with E-state index in [-0.39, 0.29) is 5.91 Å². The van der Waals surface area contributed by atoms with Crippen molar-refractivity contribution in [1.82, 2.24) is 9.88 Å². The molecule has 0 radical (unpaired) electrons. The van der Waals surface area contributed by atoms with E-state index in [0.29, 0.717) is 5.69 Å². The third kappa shape index (κ3) is 3.81. The molecular formula is C25H26N4O. The molecule has 5 rings (SSSR count). The van der Waals surface area contributed by atoms with E-state index in [9.17, 15) is 4.79 Å². The molecular weight excluding hydrogens is 372 g/mol. The van der Waals surface area contributed by atoms with Crippen molar-refractivity contribution in [1.29, 1.82) is 0 Å². The summed E-state index contributed by atoms with van der Waals surface area (Å²) in [4.78, 5) is 24.2. The lowest BCUT2D eigenvalue weighted by Crippen LogP contribution is -2.46. The Hall–Kier alpha value is -3.18. The van der Waals surface area contributed by atoms with E-state index in [0.717, 1.165) is 57.1 Å². The first kappa shape index (κ1) is 18.8. The number of fused-ring (bicyclic) bond motifs is 1. The second-order valence-electron chi connectivity index (χ2n) is 7.99. The first-order valence-electron chi connectivity index (χ1n) is 10.6. The van der Waals surface area contributed by atoms with Gasteiger partial charge in [0.25, 0.3) is 5.91 Å². The number of carbonyl (C=O) groups excluding carboxylic acids is 1. The molecule has 0 aliphatic carbocycles. The number of piperazine rings is 1. The SMILES string of the molecule is O=C(c1ccc(N2CCN(Cc3ccccc3)CC2)cn1)N1CCc2ccccc21. The first-order chi connectivity index (χ1) is 14.8. The Morgan fingerprint density at radius 3 is 2.37 bits per heavy atom. The Labute approximate surface area is 177 Å². The lowest BCUT2D eigenvalue weighted by atomic mass is 10.2. The zero-order valence-electron chi connectivity index (χ0n) is 17.1. The maximum absolute atomic E-state index is 13.0. The maximum Gasteiger partial charge on any atom is 0.276 e. The van der Waals surface area contributed by atoms with Crippen molar-refractivity contribution >= 4 is 17.3 Å². The van der Waals surface area contributed by atoms with Gasteiger partial charge in [0.15, 0.2) is 0 Å². The van der Waals surface area contributed by atoms with Crippen LogP contribution in [0.15, 0.2) is 72.9 Å².